The number of imidazole rings is 1. The maximum Gasteiger partial charge on any atom is 0.159 e. The third-order valence-electron chi connectivity index (χ3n) is 4.51. The van der Waals surface area contributed by atoms with Crippen LogP contribution in [0.5, 0.6) is 0 Å². The molecule has 1 saturated heterocycles. The van der Waals surface area contributed by atoms with Crippen LogP contribution < -0.4 is 10.3 Å². The fourth-order valence-corrected chi connectivity index (χ4v) is 3.45. The summed E-state index contributed by atoms with van der Waals surface area (Å²) in [5.74, 6) is 1.12. The molecule has 1 aromatic heterocycles. The predicted octanol–water partition coefficient (Wildman–Crippen LogP) is 2.32. The molecule has 0 bridgehead atoms. The molecule has 0 atom stereocenters. The third-order valence-corrected chi connectivity index (χ3v) is 4.51. The summed E-state index contributed by atoms with van der Waals surface area (Å²) in [6, 6.07) is 10.6. The van der Waals surface area contributed by atoms with Gasteiger partial charge in [0.2, 0.25) is 0 Å². The summed E-state index contributed by atoms with van der Waals surface area (Å²) in [6.07, 6.45) is 5.01. The van der Waals surface area contributed by atoms with E-state index in [4.69, 9.17) is 4.98 Å². The van der Waals surface area contributed by atoms with Crippen molar-refractivity contribution in [2.24, 2.45) is 0 Å². The Balaban J connectivity index is 1.83. The molecule has 4 heteroatoms. The number of hydrogen-bond acceptors (Lipinski definition) is 3. The average molecular weight is 282 g/mol. The van der Waals surface area contributed by atoms with Gasteiger partial charge in [-0.3, -0.25) is 0 Å². The van der Waals surface area contributed by atoms with Gasteiger partial charge in [0.1, 0.15) is 0 Å². The molecule has 4 rings (SSSR count). The van der Waals surface area contributed by atoms with Crippen LogP contribution in [-0.4, -0.2) is 29.3 Å². The molecule has 2 aliphatic heterocycles. The van der Waals surface area contributed by atoms with Crippen LogP contribution in [0, 0.1) is 0 Å². The minimum atomic E-state index is 0.899. The summed E-state index contributed by atoms with van der Waals surface area (Å²) < 4.78 is 2.42. The quantitative estimate of drug-likeness (QED) is 0.917. The minimum Gasteiger partial charge on any atom is -0.311 e. The van der Waals surface area contributed by atoms with Crippen LogP contribution in [0.1, 0.15) is 30.7 Å². The van der Waals surface area contributed by atoms with Crippen molar-refractivity contribution < 1.29 is 0 Å². The molecule has 110 valence electrons. The molecule has 2 aromatic rings. The van der Waals surface area contributed by atoms with Gasteiger partial charge in [0, 0.05) is 38.2 Å². The highest BCUT2D eigenvalue weighted by molar-refractivity contribution is 5.57. The van der Waals surface area contributed by atoms with E-state index in [2.05, 4.69) is 45.3 Å². The molecule has 0 spiro atoms. The van der Waals surface area contributed by atoms with Gasteiger partial charge in [-0.15, -0.1) is 0 Å². The fraction of sp³-hybridized carbons (Fsp3) is 0.471. The van der Waals surface area contributed by atoms with Crippen LogP contribution >= 0.6 is 0 Å². The predicted molar refractivity (Wildman–Crippen MR) is 84.9 cm³/mol. The number of fused-ring (bicyclic) bond motifs is 1. The first-order valence-electron chi connectivity index (χ1n) is 8.05. The second-order valence-corrected chi connectivity index (χ2v) is 5.95. The zero-order chi connectivity index (χ0) is 14.1. The number of hydrogen-bond donors (Lipinski definition) is 1. The molecule has 1 fully saturated rings. The Bertz CT molecular complexity index is 611. The van der Waals surface area contributed by atoms with Crippen LogP contribution in [-0.2, 0) is 13.0 Å². The van der Waals surface area contributed by atoms with Crippen LogP contribution in [0.2, 0.25) is 0 Å². The van der Waals surface area contributed by atoms with Gasteiger partial charge in [-0.2, -0.15) is 0 Å². The first kappa shape index (κ1) is 12.9. The molecule has 0 unspecified atom stereocenters. The van der Waals surface area contributed by atoms with E-state index in [1.165, 1.54) is 36.2 Å². The molecule has 1 aromatic carbocycles. The normalized spacial score (nSPS) is 18.6. The number of benzene rings is 1. The Hall–Kier alpha value is -1.81. The molecular formula is C17H22N4. The van der Waals surface area contributed by atoms with E-state index in [0.717, 1.165) is 38.4 Å². The van der Waals surface area contributed by atoms with E-state index in [9.17, 15) is 0 Å². The van der Waals surface area contributed by atoms with E-state index < -0.39 is 0 Å². The number of aromatic nitrogens is 2. The molecule has 21 heavy (non-hydrogen) atoms. The van der Waals surface area contributed by atoms with Crippen molar-refractivity contribution in [1.29, 1.82) is 0 Å². The summed E-state index contributed by atoms with van der Waals surface area (Å²) in [6.45, 7) is 4.25. The molecule has 0 saturated carbocycles. The number of piperidine rings is 1. The number of nitrogens with one attached hydrogen (secondary N) is 1. The van der Waals surface area contributed by atoms with Gasteiger partial charge in [0.25, 0.3) is 0 Å². The second-order valence-electron chi connectivity index (χ2n) is 5.95. The molecular weight excluding hydrogens is 260 g/mol. The smallest absolute Gasteiger partial charge is 0.159 e. The van der Waals surface area contributed by atoms with Gasteiger partial charge in [0.05, 0.1) is 11.4 Å². The van der Waals surface area contributed by atoms with E-state index in [1.807, 2.05) is 0 Å². The van der Waals surface area contributed by atoms with Crippen molar-refractivity contribution in [3.8, 4) is 11.4 Å². The Morgan fingerprint density at radius 1 is 1.00 bits per heavy atom. The number of rotatable bonds is 2. The van der Waals surface area contributed by atoms with E-state index in [0.29, 0.717) is 0 Å². The SMILES string of the molecule is c1ccc(-c2nc3c(n2N2CCCCC2)CCNC3)cc1. The fourth-order valence-electron chi connectivity index (χ4n) is 3.45. The Morgan fingerprint density at radius 3 is 2.62 bits per heavy atom. The summed E-state index contributed by atoms with van der Waals surface area (Å²) in [7, 11) is 0. The zero-order valence-electron chi connectivity index (χ0n) is 12.4. The lowest BCUT2D eigenvalue weighted by Crippen LogP contribution is -2.41. The van der Waals surface area contributed by atoms with Gasteiger partial charge in [-0.05, 0) is 19.3 Å². The van der Waals surface area contributed by atoms with Crippen molar-refractivity contribution >= 4 is 0 Å². The van der Waals surface area contributed by atoms with Crippen molar-refractivity contribution in [3.63, 3.8) is 0 Å². The highest BCUT2D eigenvalue weighted by Gasteiger charge is 2.24. The highest BCUT2D eigenvalue weighted by Crippen LogP contribution is 2.26. The standard InChI is InChI=1S/C17H22N4/c1-3-7-14(8-4-1)17-19-15-13-18-10-9-16(15)21(17)20-11-5-2-6-12-20/h1,3-4,7-8,18H,2,5-6,9-13H2. The molecule has 3 heterocycles. The van der Waals surface area contributed by atoms with Crippen molar-refractivity contribution in [3.05, 3.63) is 41.7 Å². The van der Waals surface area contributed by atoms with Gasteiger partial charge in [0.15, 0.2) is 5.82 Å². The van der Waals surface area contributed by atoms with E-state index in [-0.39, 0.29) is 0 Å². The van der Waals surface area contributed by atoms with Crippen molar-refractivity contribution in [2.45, 2.75) is 32.2 Å². The minimum absolute atomic E-state index is 0.899. The van der Waals surface area contributed by atoms with Crippen LogP contribution in [0.4, 0.5) is 0 Å². The maximum atomic E-state index is 4.95. The van der Waals surface area contributed by atoms with Crippen LogP contribution in [0.3, 0.4) is 0 Å². The first-order chi connectivity index (χ1) is 10.4. The lowest BCUT2D eigenvalue weighted by molar-refractivity contribution is 0.465. The van der Waals surface area contributed by atoms with Gasteiger partial charge >= 0.3 is 0 Å². The van der Waals surface area contributed by atoms with Crippen LogP contribution in [0.15, 0.2) is 30.3 Å². The topological polar surface area (TPSA) is 33.1 Å². The summed E-state index contributed by atoms with van der Waals surface area (Å²) in [5, 5.41) is 5.94. The Morgan fingerprint density at radius 2 is 1.81 bits per heavy atom. The maximum absolute atomic E-state index is 4.95. The largest absolute Gasteiger partial charge is 0.311 e. The van der Waals surface area contributed by atoms with Gasteiger partial charge in [-0.1, -0.05) is 30.3 Å². The molecule has 1 N–H and O–H groups in total. The molecule has 2 aliphatic rings. The average Bonchev–Trinajstić information content (AvgIpc) is 2.96. The van der Waals surface area contributed by atoms with Crippen LogP contribution in [0.25, 0.3) is 11.4 Å². The second kappa shape index (κ2) is 5.53. The van der Waals surface area contributed by atoms with E-state index in [1.54, 1.807) is 0 Å². The molecule has 4 nitrogen and oxygen atoms in total. The lowest BCUT2D eigenvalue weighted by atomic mass is 10.1. The zero-order valence-corrected chi connectivity index (χ0v) is 12.4. The van der Waals surface area contributed by atoms with Gasteiger partial charge in [-0.25, -0.2) is 9.66 Å². The Labute approximate surface area is 125 Å². The molecule has 0 aliphatic carbocycles. The van der Waals surface area contributed by atoms with E-state index >= 15 is 0 Å². The van der Waals surface area contributed by atoms with Gasteiger partial charge < -0.3 is 10.3 Å². The summed E-state index contributed by atoms with van der Waals surface area (Å²) >= 11 is 0. The van der Waals surface area contributed by atoms with Crippen molar-refractivity contribution in [2.75, 3.05) is 24.6 Å². The highest BCUT2D eigenvalue weighted by atomic mass is 15.6. The number of nitrogens with zero attached hydrogens (tertiary/aromatic N) is 3. The first-order valence-corrected chi connectivity index (χ1v) is 8.05. The molecule has 0 amide bonds. The lowest BCUT2D eigenvalue weighted by Gasteiger charge is -2.33. The summed E-state index contributed by atoms with van der Waals surface area (Å²) in [5.41, 5.74) is 3.86. The summed E-state index contributed by atoms with van der Waals surface area (Å²) in [4.78, 5) is 4.95. The van der Waals surface area contributed by atoms with Crippen molar-refractivity contribution in [1.82, 2.24) is 15.0 Å². The Kier molecular flexibility index (Phi) is 3.39. The molecule has 0 radical (unpaired) electrons. The monoisotopic (exact) mass is 282 g/mol. The third kappa shape index (κ3) is 2.33.